The van der Waals surface area contributed by atoms with Crippen molar-refractivity contribution in [1.29, 1.82) is 0 Å². The summed E-state index contributed by atoms with van der Waals surface area (Å²) in [5.74, 6) is 2.54. The van der Waals surface area contributed by atoms with E-state index in [1.807, 2.05) is 60.7 Å². The van der Waals surface area contributed by atoms with Crippen LogP contribution >= 0.6 is 0 Å². The third kappa shape index (κ3) is 1.86. The zero-order valence-electron chi connectivity index (χ0n) is 12.5. The van der Waals surface area contributed by atoms with Crippen molar-refractivity contribution in [2.24, 2.45) is 0 Å². The summed E-state index contributed by atoms with van der Waals surface area (Å²) in [5.41, 5.74) is 1.92. The molecular formula is C16H12N8. The van der Waals surface area contributed by atoms with E-state index in [9.17, 15) is 0 Å². The quantitative estimate of drug-likeness (QED) is 0.523. The Balaban J connectivity index is 1.75. The first-order chi connectivity index (χ1) is 11.9. The molecule has 2 aromatic carbocycles. The van der Waals surface area contributed by atoms with Gasteiger partial charge in [-0.15, -0.1) is 20.4 Å². The van der Waals surface area contributed by atoms with Crippen LogP contribution < -0.4 is 0 Å². The van der Waals surface area contributed by atoms with Crippen LogP contribution in [0.3, 0.4) is 0 Å². The highest BCUT2D eigenvalue weighted by Crippen LogP contribution is 2.19. The van der Waals surface area contributed by atoms with Crippen molar-refractivity contribution in [2.45, 2.75) is 0 Å². The first-order valence-electron chi connectivity index (χ1n) is 7.46. The SMILES string of the molecule is c1ccc(-c2nnc3[nH]n4c(-c5ccccc5)nnc4[nH]n23)cc1. The fourth-order valence-corrected chi connectivity index (χ4v) is 2.67. The Bertz CT molecular complexity index is 1050. The molecule has 0 unspecified atom stereocenters. The molecular weight excluding hydrogens is 304 g/mol. The molecule has 3 heterocycles. The van der Waals surface area contributed by atoms with Crippen LogP contribution in [0.15, 0.2) is 60.7 Å². The van der Waals surface area contributed by atoms with Gasteiger partial charge in [-0.1, -0.05) is 60.7 Å². The Kier molecular flexibility index (Phi) is 2.63. The summed E-state index contributed by atoms with van der Waals surface area (Å²) in [6, 6.07) is 19.7. The molecule has 0 saturated carbocycles. The van der Waals surface area contributed by atoms with Crippen LogP contribution in [-0.4, -0.2) is 39.6 Å². The molecule has 0 atom stereocenters. The fourth-order valence-electron chi connectivity index (χ4n) is 2.67. The third-order valence-corrected chi connectivity index (χ3v) is 3.81. The number of aromatic nitrogens is 8. The van der Waals surface area contributed by atoms with Gasteiger partial charge in [-0.3, -0.25) is 10.2 Å². The highest BCUT2D eigenvalue weighted by Gasteiger charge is 2.13. The minimum absolute atomic E-state index is 0.568. The molecule has 0 saturated heterocycles. The average Bonchev–Trinajstić information content (AvgIpc) is 3.25. The van der Waals surface area contributed by atoms with Gasteiger partial charge in [-0.2, -0.15) is 9.03 Å². The summed E-state index contributed by atoms with van der Waals surface area (Å²) < 4.78 is 3.52. The van der Waals surface area contributed by atoms with Gasteiger partial charge < -0.3 is 0 Å². The van der Waals surface area contributed by atoms with Crippen molar-refractivity contribution in [3.63, 3.8) is 0 Å². The molecule has 8 heteroatoms. The molecule has 24 heavy (non-hydrogen) atoms. The second kappa shape index (κ2) is 4.92. The molecule has 116 valence electrons. The smallest absolute Gasteiger partial charge is 0.255 e. The monoisotopic (exact) mass is 316 g/mol. The summed E-state index contributed by atoms with van der Waals surface area (Å²) in [6.07, 6.45) is 0. The lowest BCUT2D eigenvalue weighted by Crippen LogP contribution is -2.04. The van der Waals surface area contributed by atoms with Crippen LogP contribution in [0, 0.1) is 0 Å². The highest BCUT2D eigenvalue weighted by atomic mass is 15.5. The maximum Gasteiger partial charge on any atom is 0.263 e. The summed E-state index contributed by atoms with van der Waals surface area (Å²) in [5, 5.41) is 23.3. The van der Waals surface area contributed by atoms with Gasteiger partial charge in [-0.25, -0.2) is 0 Å². The molecule has 0 amide bonds. The van der Waals surface area contributed by atoms with Gasteiger partial charge in [0.15, 0.2) is 11.6 Å². The molecule has 5 rings (SSSR count). The van der Waals surface area contributed by atoms with E-state index < -0.39 is 0 Å². The Morgan fingerprint density at radius 3 is 1.38 bits per heavy atom. The van der Waals surface area contributed by atoms with Gasteiger partial charge >= 0.3 is 0 Å². The topological polar surface area (TPSA) is 92.0 Å². The molecule has 0 bridgehead atoms. The van der Waals surface area contributed by atoms with Gasteiger partial charge in [0.25, 0.3) is 11.6 Å². The lowest BCUT2D eigenvalue weighted by atomic mass is 10.2. The zero-order valence-corrected chi connectivity index (χ0v) is 12.5. The van der Waals surface area contributed by atoms with E-state index in [0.29, 0.717) is 23.2 Å². The van der Waals surface area contributed by atoms with E-state index in [1.165, 1.54) is 0 Å². The van der Waals surface area contributed by atoms with E-state index >= 15 is 0 Å². The van der Waals surface area contributed by atoms with Crippen LogP contribution in [0.25, 0.3) is 34.3 Å². The minimum atomic E-state index is 0.568. The number of rotatable bonds is 2. The number of nitrogens with one attached hydrogen (secondary N) is 2. The number of H-pyrrole nitrogens is 2. The lowest BCUT2D eigenvalue weighted by molar-refractivity contribution is 0.818. The van der Waals surface area contributed by atoms with Gasteiger partial charge in [0.2, 0.25) is 0 Å². The molecule has 0 spiro atoms. The summed E-state index contributed by atoms with van der Waals surface area (Å²) in [4.78, 5) is 0. The zero-order chi connectivity index (χ0) is 15.9. The number of nitrogens with zero attached hydrogens (tertiary/aromatic N) is 6. The molecule has 2 N–H and O–H groups in total. The predicted octanol–water partition coefficient (Wildman–Crippen LogP) is 2.32. The maximum atomic E-state index is 4.26. The lowest BCUT2D eigenvalue weighted by Gasteiger charge is -2.03. The second-order valence-corrected chi connectivity index (χ2v) is 5.32. The van der Waals surface area contributed by atoms with E-state index in [4.69, 9.17) is 0 Å². The fraction of sp³-hybridized carbons (Fsp3) is 0. The Morgan fingerprint density at radius 1 is 0.542 bits per heavy atom. The standard InChI is InChI=1S/C16H12N8/c1-3-7-11(8-4-1)13-17-19-15-22-24-14(12-9-5-2-6-10-12)18-20-16(24)21-23(13)15/h1-10H,(H,19,22)(H,20,21). The number of fused-ring (bicyclic) bond motifs is 2. The first kappa shape index (κ1) is 12.8. The van der Waals surface area contributed by atoms with Crippen molar-refractivity contribution in [1.82, 2.24) is 39.6 Å². The van der Waals surface area contributed by atoms with Crippen molar-refractivity contribution in [2.75, 3.05) is 0 Å². The van der Waals surface area contributed by atoms with Gasteiger partial charge in [0, 0.05) is 11.1 Å². The normalized spacial score (nSPS) is 11.3. The molecule has 5 aromatic rings. The Labute approximate surface area is 135 Å². The van der Waals surface area contributed by atoms with Gasteiger partial charge in [-0.05, 0) is 0 Å². The van der Waals surface area contributed by atoms with Crippen LogP contribution in [0.5, 0.6) is 0 Å². The van der Waals surface area contributed by atoms with Crippen molar-refractivity contribution < 1.29 is 0 Å². The van der Waals surface area contributed by atoms with E-state index in [-0.39, 0.29) is 0 Å². The molecule has 8 nitrogen and oxygen atoms in total. The average molecular weight is 316 g/mol. The van der Waals surface area contributed by atoms with Crippen LogP contribution in [0.4, 0.5) is 0 Å². The van der Waals surface area contributed by atoms with Gasteiger partial charge in [0.1, 0.15) is 0 Å². The largest absolute Gasteiger partial charge is 0.263 e. The highest BCUT2D eigenvalue weighted by molar-refractivity contribution is 5.59. The second-order valence-electron chi connectivity index (χ2n) is 5.32. The van der Waals surface area contributed by atoms with Crippen LogP contribution in [0.2, 0.25) is 0 Å². The van der Waals surface area contributed by atoms with Crippen LogP contribution in [0.1, 0.15) is 0 Å². The number of hydrogen-bond acceptors (Lipinski definition) is 4. The van der Waals surface area contributed by atoms with Crippen molar-refractivity contribution in [3.8, 4) is 22.8 Å². The van der Waals surface area contributed by atoms with E-state index in [2.05, 4.69) is 30.6 Å². The minimum Gasteiger partial charge on any atom is -0.255 e. The molecule has 0 aliphatic carbocycles. The van der Waals surface area contributed by atoms with E-state index in [1.54, 1.807) is 9.03 Å². The maximum absolute atomic E-state index is 4.26. The molecule has 0 fully saturated rings. The van der Waals surface area contributed by atoms with E-state index in [0.717, 1.165) is 11.1 Å². The summed E-state index contributed by atoms with van der Waals surface area (Å²) in [6.45, 7) is 0. The molecule has 3 aromatic heterocycles. The number of benzene rings is 2. The molecule has 0 aliphatic rings. The summed E-state index contributed by atoms with van der Waals surface area (Å²) in [7, 11) is 0. The summed E-state index contributed by atoms with van der Waals surface area (Å²) >= 11 is 0. The van der Waals surface area contributed by atoms with Gasteiger partial charge in [0.05, 0.1) is 0 Å². The Hall–Kier alpha value is -3.68. The first-order valence-corrected chi connectivity index (χ1v) is 7.46. The van der Waals surface area contributed by atoms with Crippen molar-refractivity contribution >= 4 is 11.6 Å². The number of aromatic amines is 2. The molecule has 0 aliphatic heterocycles. The van der Waals surface area contributed by atoms with Crippen LogP contribution in [-0.2, 0) is 0 Å². The molecule has 0 radical (unpaired) electrons. The number of hydrogen-bond donors (Lipinski definition) is 2. The third-order valence-electron chi connectivity index (χ3n) is 3.81. The predicted molar refractivity (Wildman–Crippen MR) is 87.9 cm³/mol. The van der Waals surface area contributed by atoms with Crippen molar-refractivity contribution in [3.05, 3.63) is 60.7 Å². The Morgan fingerprint density at radius 2 is 0.958 bits per heavy atom.